The lowest BCUT2D eigenvalue weighted by Gasteiger charge is -2.18. The first-order valence-corrected chi connectivity index (χ1v) is 10.2. The molecular weight excluding hydrogens is 384 g/mol. The van der Waals surface area contributed by atoms with Crippen LogP contribution in [0.3, 0.4) is 0 Å². The highest BCUT2D eigenvalue weighted by Crippen LogP contribution is 2.25. The molecule has 0 saturated carbocycles. The fraction of sp³-hybridized carbons (Fsp3) is 0.227. The van der Waals surface area contributed by atoms with Gasteiger partial charge >= 0.3 is 0 Å². The first kappa shape index (κ1) is 19.1. The minimum atomic E-state index is -0.426. The largest absolute Gasteiger partial charge is 0.361 e. The number of fused-ring (bicyclic) bond motifs is 1. The standard InChI is InChI=1S/C22H22N4O2S/c1-12-8-20(29-13(12)2)22(28)26-18(19-10-21(27)25-14(3)24-19)9-15-11-23-17-7-5-4-6-16(15)17/h4-8,10-11,18,23H,9H2,1-3H3,(H,26,28)(H,24,25,27)/t18-/m1/s1. The van der Waals surface area contributed by atoms with E-state index in [0.717, 1.165) is 26.9 Å². The van der Waals surface area contributed by atoms with E-state index >= 15 is 0 Å². The molecule has 0 spiro atoms. The summed E-state index contributed by atoms with van der Waals surface area (Å²) in [4.78, 5) is 37.2. The van der Waals surface area contributed by atoms with Crippen molar-refractivity contribution in [2.24, 2.45) is 0 Å². The van der Waals surface area contributed by atoms with Crippen LogP contribution in [0, 0.1) is 20.8 Å². The van der Waals surface area contributed by atoms with E-state index in [1.165, 1.54) is 17.4 Å². The summed E-state index contributed by atoms with van der Waals surface area (Å²) in [6, 6.07) is 10.9. The first-order chi connectivity index (χ1) is 13.9. The van der Waals surface area contributed by atoms with Crippen LogP contribution >= 0.6 is 11.3 Å². The quantitative estimate of drug-likeness (QED) is 0.469. The van der Waals surface area contributed by atoms with Crippen LogP contribution in [0.4, 0.5) is 0 Å². The summed E-state index contributed by atoms with van der Waals surface area (Å²) in [6.45, 7) is 5.73. The molecule has 0 radical (unpaired) electrons. The maximum absolute atomic E-state index is 12.9. The monoisotopic (exact) mass is 406 g/mol. The molecule has 1 aromatic carbocycles. The highest BCUT2D eigenvalue weighted by atomic mass is 32.1. The van der Waals surface area contributed by atoms with Crippen LogP contribution in [0.15, 0.2) is 47.4 Å². The number of aromatic amines is 2. The van der Waals surface area contributed by atoms with E-state index in [1.807, 2.05) is 50.4 Å². The fourth-order valence-corrected chi connectivity index (χ4v) is 4.38. The van der Waals surface area contributed by atoms with Crippen LogP contribution in [0.1, 0.15) is 43.2 Å². The Bertz CT molecular complexity index is 1230. The van der Waals surface area contributed by atoms with Gasteiger partial charge in [-0.2, -0.15) is 0 Å². The minimum Gasteiger partial charge on any atom is -0.361 e. The van der Waals surface area contributed by atoms with Crippen molar-refractivity contribution in [2.75, 3.05) is 0 Å². The molecule has 29 heavy (non-hydrogen) atoms. The van der Waals surface area contributed by atoms with Gasteiger partial charge in [0.05, 0.1) is 16.6 Å². The number of thiophene rings is 1. The van der Waals surface area contributed by atoms with E-state index in [2.05, 4.69) is 20.3 Å². The van der Waals surface area contributed by atoms with E-state index in [9.17, 15) is 9.59 Å². The normalized spacial score (nSPS) is 12.2. The Balaban J connectivity index is 1.70. The average molecular weight is 407 g/mol. The van der Waals surface area contributed by atoms with Crippen LogP contribution in [-0.4, -0.2) is 20.9 Å². The van der Waals surface area contributed by atoms with Crippen molar-refractivity contribution in [2.45, 2.75) is 33.2 Å². The highest BCUT2D eigenvalue weighted by Gasteiger charge is 2.21. The summed E-state index contributed by atoms with van der Waals surface area (Å²) < 4.78 is 0. The van der Waals surface area contributed by atoms with Crippen LogP contribution in [-0.2, 0) is 6.42 Å². The molecule has 7 heteroatoms. The van der Waals surface area contributed by atoms with Gasteiger partial charge < -0.3 is 15.3 Å². The fourth-order valence-electron chi connectivity index (χ4n) is 3.45. The van der Waals surface area contributed by atoms with E-state index in [4.69, 9.17) is 0 Å². The van der Waals surface area contributed by atoms with E-state index in [1.54, 1.807) is 6.92 Å². The van der Waals surface area contributed by atoms with E-state index < -0.39 is 6.04 Å². The van der Waals surface area contributed by atoms with Crippen molar-refractivity contribution < 1.29 is 4.79 Å². The number of hydrogen-bond acceptors (Lipinski definition) is 4. The summed E-state index contributed by atoms with van der Waals surface area (Å²) in [6.07, 6.45) is 2.47. The second-order valence-electron chi connectivity index (χ2n) is 7.20. The molecule has 0 aliphatic heterocycles. The van der Waals surface area contributed by atoms with Crippen LogP contribution in [0.2, 0.25) is 0 Å². The molecular formula is C22H22N4O2S. The molecule has 0 bridgehead atoms. The number of benzene rings is 1. The van der Waals surface area contributed by atoms with Crippen molar-refractivity contribution in [3.8, 4) is 0 Å². The summed E-state index contributed by atoms with van der Waals surface area (Å²) in [7, 11) is 0. The third-order valence-corrected chi connectivity index (χ3v) is 6.18. The molecule has 0 unspecified atom stereocenters. The number of nitrogens with zero attached hydrogens (tertiary/aromatic N) is 1. The van der Waals surface area contributed by atoms with Crippen molar-refractivity contribution >= 4 is 28.1 Å². The van der Waals surface area contributed by atoms with Gasteiger partial charge in [0.15, 0.2) is 0 Å². The predicted molar refractivity (Wildman–Crippen MR) is 116 cm³/mol. The number of nitrogens with one attached hydrogen (secondary N) is 3. The molecule has 3 N–H and O–H groups in total. The van der Waals surface area contributed by atoms with Crippen LogP contribution in [0.5, 0.6) is 0 Å². The number of amides is 1. The number of rotatable bonds is 5. The van der Waals surface area contributed by atoms with Gasteiger partial charge in [-0.3, -0.25) is 9.59 Å². The summed E-state index contributed by atoms with van der Waals surface area (Å²) in [5.41, 5.74) is 3.51. The van der Waals surface area contributed by atoms with Crippen molar-refractivity contribution in [3.05, 3.63) is 85.3 Å². The van der Waals surface area contributed by atoms with E-state index in [0.29, 0.717) is 22.8 Å². The van der Waals surface area contributed by atoms with Gasteiger partial charge in [-0.1, -0.05) is 18.2 Å². The van der Waals surface area contributed by atoms with Crippen LogP contribution in [0.25, 0.3) is 10.9 Å². The lowest BCUT2D eigenvalue weighted by Crippen LogP contribution is -2.31. The van der Waals surface area contributed by atoms with Crippen molar-refractivity contribution in [1.29, 1.82) is 0 Å². The molecule has 1 amide bonds. The SMILES string of the molecule is Cc1nc([C@@H](Cc2c[nH]c3ccccc23)NC(=O)c2cc(C)c(C)s2)cc(=O)[nH]1. The molecule has 0 saturated heterocycles. The summed E-state index contributed by atoms with van der Waals surface area (Å²) in [5, 5.41) is 4.18. The second-order valence-corrected chi connectivity index (χ2v) is 8.45. The number of aryl methyl sites for hydroxylation is 3. The maximum Gasteiger partial charge on any atom is 0.261 e. The number of para-hydroxylation sites is 1. The van der Waals surface area contributed by atoms with Gasteiger partial charge in [-0.25, -0.2) is 4.98 Å². The number of hydrogen-bond donors (Lipinski definition) is 3. The molecule has 1 atom stereocenters. The molecule has 4 rings (SSSR count). The van der Waals surface area contributed by atoms with Gasteiger partial charge in [-0.15, -0.1) is 11.3 Å². The van der Waals surface area contributed by atoms with Crippen LogP contribution < -0.4 is 10.9 Å². The predicted octanol–water partition coefficient (Wildman–Crippen LogP) is 3.95. The average Bonchev–Trinajstić information content (AvgIpc) is 3.24. The molecule has 3 aromatic heterocycles. The van der Waals surface area contributed by atoms with Gasteiger partial charge in [-0.05, 0) is 44.0 Å². The topological polar surface area (TPSA) is 90.6 Å². The van der Waals surface area contributed by atoms with Gasteiger partial charge in [0.25, 0.3) is 11.5 Å². The smallest absolute Gasteiger partial charge is 0.261 e. The zero-order chi connectivity index (χ0) is 20.5. The summed E-state index contributed by atoms with van der Waals surface area (Å²) >= 11 is 1.47. The molecule has 0 fully saturated rings. The molecule has 4 aromatic rings. The third-order valence-electron chi connectivity index (χ3n) is 5.03. The number of carbonyl (C=O) groups excluding carboxylic acids is 1. The molecule has 6 nitrogen and oxygen atoms in total. The Morgan fingerprint density at radius 1 is 1.21 bits per heavy atom. The lowest BCUT2D eigenvalue weighted by atomic mass is 10.0. The number of aromatic nitrogens is 3. The number of carbonyl (C=O) groups is 1. The number of H-pyrrole nitrogens is 2. The molecule has 3 heterocycles. The Morgan fingerprint density at radius 2 is 2.00 bits per heavy atom. The lowest BCUT2D eigenvalue weighted by molar-refractivity contribution is 0.0939. The summed E-state index contributed by atoms with van der Waals surface area (Å²) in [5.74, 6) is 0.365. The van der Waals surface area contributed by atoms with Crippen molar-refractivity contribution in [1.82, 2.24) is 20.3 Å². The molecule has 0 aliphatic carbocycles. The highest BCUT2D eigenvalue weighted by molar-refractivity contribution is 7.14. The zero-order valence-electron chi connectivity index (χ0n) is 16.5. The maximum atomic E-state index is 12.9. The minimum absolute atomic E-state index is 0.157. The van der Waals surface area contributed by atoms with Gasteiger partial charge in [0.2, 0.25) is 0 Å². The zero-order valence-corrected chi connectivity index (χ0v) is 17.3. The Hall–Kier alpha value is -3.19. The Morgan fingerprint density at radius 3 is 2.72 bits per heavy atom. The molecule has 148 valence electrons. The van der Waals surface area contributed by atoms with Gasteiger partial charge in [0, 0.05) is 34.5 Å². The second kappa shape index (κ2) is 7.67. The van der Waals surface area contributed by atoms with E-state index in [-0.39, 0.29) is 11.5 Å². The Kier molecular flexibility index (Phi) is 5.07. The van der Waals surface area contributed by atoms with Gasteiger partial charge in [0.1, 0.15) is 5.82 Å². The molecule has 0 aliphatic rings. The Labute approximate surface area is 172 Å². The first-order valence-electron chi connectivity index (χ1n) is 9.41. The third kappa shape index (κ3) is 4.00. The van der Waals surface area contributed by atoms with Crippen molar-refractivity contribution in [3.63, 3.8) is 0 Å².